The molecule has 1 aromatic heterocycles. The van der Waals surface area contributed by atoms with Crippen molar-refractivity contribution in [3.05, 3.63) is 52.2 Å². The average Bonchev–Trinajstić information content (AvgIpc) is 3.00. The molecule has 3 rings (SSSR count). The number of carbonyl (C=O) groups excluding carboxylic acids is 1. The fraction of sp³-hybridized carbons (Fsp3) is 0.389. The highest BCUT2D eigenvalue weighted by molar-refractivity contribution is 7.99. The lowest BCUT2D eigenvalue weighted by atomic mass is 10.1. The molecule has 0 N–H and O–H groups in total. The summed E-state index contributed by atoms with van der Waals surface area (Å²) in [6.45, 7) is 4.24. The highest BCUT2D eigenvalue weighted by Gasteiger charge is 2.23. The van der Waals surface area contributed by atoms with Gasteiger partial charge >= 0.3 is 0 Å². The predicted octanol–water partition coefficient (Wildman–Crippen LogP) is 4.47. The highest BCUT2D eigenvalue weighted by Crippen LogP contribution is 2.36. The SMILES string of the molecule is CCOc1ccc(C(=O)N2CCSC(c3cccs3)CC2)cc1. The number of thioether (sulfide) groups is 1. The van der Waals surface area contributed by atoms with Gasteiger partial charge in [0.05, 0.1) is 6.61 Å². The Bertz CT molecular complexity index is 625. The van der Waals surface area contributed by atoms with E-state index in [0.717, 1.165) is 36.6 Å². The molecule has 1 aliphatic rings. The molecule has 1 atom stereocenters. The van der Waals surface area contributed by atoms with Gasteiger partial charge in [-0.05, 0) is 49.1 Å². The van der Waals surface area contributed by atoms with Crippen molar-refractivity contribution in [1.82, 2.24) is 4.90 Å². The standard InChI is InChI=1S/C18H21NO2S2/c1-2-21-15-7-5-14(6-8-15)18(20)19-10-9-17(23-13-11-19)16-4-3-12-22-16/h3-8,12,17H,2,9-11,13H2,1H3. The second-order valence-corrected chi connectivity index (χ2v) is 7.70. The summed E-state index contributed by atoms with van der Waals surface area (Å²) in [6, 6.07) is 11.8. The molecule has 2 heterocycles. The van der Waals surface area contributed by atoms with Crippen molar-refractivity contribution >= 4 is 29.0 Å². The molecule has 1 saturated heterocycles. The quantitative estimate of drug-likeness (QED) is 0.817. The smallest absolute Gasteiger partial charge is 0.253 e. The third-order valence-electron chi connectivity index (χ3n) is 3.90. The third-order valence-corrected chi connectivity index (χ3v) is 6.35. The van der Waals surface area contributed by atoms with E-state index in [1.807, 2.05) is 59.2 Å². The van der Waals surface area contributed by atoms with Crippen molar-refractivity contribution < 1.29 is 9.53 Å². The van der Waals surface area contributed by atoms with Crippen molar-refractivity contribution in [2.45, 2.75) is 18.6 Å². The van der Waals surface area contributed by atoms with Crippen LogP contribution in [0.15, 0.2) is 41.8 Å². The third kappa shape index (κ3) is 4.09. The Morgan fingerprint density at radius 3 is 2.78 bits per heavy atom. The lowest BCUT2D eigenvalue weighted by Gasteiger charge is -2.20. The maximum absolute atomic E-state index is 12.7. The minimum Gasteiger partial charge on any atom is -0.494 e. The van der Waals surface area contributed by atoms with Crippen LogP contribution in [0.1, 0.15) is 33.8 Å². The Kier molecular flexibility index (Phi) is 5.62. The van der Waals surface area contributed by atoms with Gasteiger partial charge < -0.3 is 9.64 Å². The number of ether oxygens (including phenoxy) is 1. The van der Waals surface area contributed by atoms with E-state index in [2.05, 4.69) is 17.5 Å². The number of hydrogen-bond donors (Lipinski definition) is 0. The van der Waals surface area contributed by atoms with E-state index in [1.165, 1.54) is 4.88 Å². The second kappa shape index (κ2) is 7.88. The molecule has 1 unspecified atom stereocenters. The van der Waals surface area contributed by atoms with Gasteiger partial charge in [-0.2, -0.15) is 11.8 Å². The van der Waals surface area contributed by atoms with Crippen molar-refractivity contribution in [2.24, 2.45) is 0 Å². The van der Waals surface area contributed by atoms with E-state index in [0.29, 0.717) is 11.9 Å². The fourth-order valence-electron chi connectivity index (χ4n) is 2.72. The number of amides is 1. The van der Waals surface area contributed by atoms with Crippen LogP contribution < -0.4 is 4.74 Å². The van der Waals surface area contributed by atoms with Gasteiger partial charge in [-0.25, -0.2) is 0 Å². The van der Waals surface area contributed by atoms with E-state index in [-0.39, 0.29) is 5.91 Å². The van der Waals surface area contributed by atoms with Crippen molar-refractivity contribution in [1.29, 1.82) is 0 Å². The summed E-state index contributed by atoms with van der Waals surface area (Å²) >= 11 is 3.78. The van der Waals surface area contributed by atoms with Crippen molar-refractivity contribution in [3.8, 4) is 5.75 Å². The van der Waals surface area contributed by atoms with Crippen LogP contribution in [0.25, 0.3) is 0 Å². The molecule has 1 amide bonds. The van der Waals surface area contributed by atoms with Gasteiger partial charge in [0.2, 0.25) is 0 Å². The maximum atomic E-state index is 12.7. The fourth-order valence-corrected chi connectivity index (χ4v) is 4.96. The van der Waals surface area contributed by atoms with Crippen LogP contribution in [0.5, 0.6) is 5.75 Å². The predicted molar refractivity (Wildman–Crippen MR) is 97.6 cm³/mol. The number of nitrogens with zero attached hydrogens (tertiary/aromatic N) is 1. The molecule has 0 bridgehead atoms. The van der Waals surface area contributed by atoms with E-state index < -0.39 is 0 Å². The van der Waals surface area contributed by atoms with Gasteiger partial charge in [0.1, 0.15) is 5.75 Å². The minimum absolute atomic E-state index is 0.125. The molecule has 0 saturated carbocycles. The number of benzene rings is 1. The Morgan fingerprint density at radius 2 is 2.09 bits per heavy atom. The van der Waals surface area contributed by atoms with Crippen LogP contribution >= 0.6 is 23.1 Å². The Hall–Kier alpha value is -1.46. The van der Waals surface area contributed by atoms with Crippen LogP contribution in [0.4, 0.5) is 0 Å². The molecule has 1 aliphatic heterocycles. The van der Waals surface area contributed by atoms with Crippen LogP contribution in [0, 0.1) is 0 Å². The molecule has 1 fully saturated rings. The van der Waals surface area contributed by atoms with Gasteiger partial charge in [0.25, 0.3) is 5.91 Å². The summed E-state index contributed by atoms with van der Waals surface area (Å²) in [5.41, 5.74) is 0.744. The molecular weight excluding hydrogens is 326 g/mol. The number of hydrogen-bond acceptors (Lipinski definition) is 4. The summed E-state index contributed by atoms with van der Waals surface area (Å²) in [5, 5.41) is 2.65. The zero-order chi connectivity index (χ0) is 16.1. The number of rotatable bonds is 4. The normalized spacial score (nSPS) is 18.5. The molecule has 3 nitrogen and oxygen atoms in total. The van der Waals surface area contributed by atoms with Crippen LogP contribution in [0.2, 0.25) is 0 Å². The first-order valence-corrected chi connectivity index (χ1v) is 9.88. The first-order chi connectivity index (χ1) is 11.3. The van der Waals surface area contributed by atoms with E-state index in [4.69, 9.17) is 4.74 Å². The minimum atomic E-state index is 0.125. The Morgan fingerprint density at radius 1 is 1.26 bits per heavy atom. The summed E-state index contributed by atoms with van der Waals surface area (Å²) in [7, 11) is 0. The molecule has 0 radical (unpaired) electrons. The molecule has 1 aromatic carbocycles. The van der Waals surface area contributed by atoms with E-state index in [1.54, 1.807) is 0 Å². The van der Waals surface area contributed by atoms with Crippen LogP contribution in [-0.2, 0) is 0 Å². The first kappa shape index (κ1) is 16.4. The first-order valence-electron chi connectivity index (χ1n) is 7.95. The summed E-state index contributed by atoms with van der Waals surface area (Å²) in [5.74, 6) is 1.93. The summed E-state index contributed by atoms with van der Waals surface area (Å²) in [4.78, 5) is 16.1. The molecular formula is C18H21NO2S2. The Labute approximate surface area is 145 Å². The number of carbonyl (C=O) groups is 1. The van der Waals surface area contributed by atoms with Gasteiger partial charge in [-0.3, -0.25) is 4.79 Å². The van der Waals surface area contributed by atoms with Crippen LogP contribution in [0.3, 0.4) is 0 Å². The molecule has 23 heavy (non-hydrogen) atoms. The summed E-state index contributed by atoms with van der Waals surface area (Å²) < 4.78 is 5.43. The summed E-state index contributed by atoms with van der Waals surface area (Å²) in [6.07, 6.45) is 1.02. The van der Waals surface area contributed by atoms with Gasteiger partial charge in [-0.15, -0.1) is 11.3 Å². The lowest BCUT2D eigenvalue weighted by molar-refractivity contribution is 0.0766. The van der Waals surface area contributed by atoms with Crippen molar-refractivity contribution in [3.63, 3.8) is 0 Å². The van der Waals surface area contributed by atoms with Gasteiger partial charge in [-0.1, -0.05) is 6.07 Å². The van der Waals surface area contributed by atoms with Gasteiger partial charge in [0.15, 0.2) is 0 Å². The molecule has 5 heteroatoms. The second-order valence-electron chi connectivity index (χ2n) is 5.41. The zero-order valence-corrected chi connectivity index (χ0v) is 14.9. The topological polar surface area (TPSA) is 29.5 Å². The molecule has 2 aromatic rings. The average molecular weight is 348 g/mol. The van der Waals surface area contributed by atoms with Crippen LogP contribution in [-0.4, -0.2) is 36.3 Å². The highest BCUT2D eigenvalue weighted by atomic mass is 32.2. The largest absolute Gasteiger partial charge is 0.494 e. The zero-order valence-electron chi connectivity index (χ0n) is 13.2. The Balaban J connectivity index is 1.63. The van der Waals surface area contributed by atoms with E-state index >= 15 is 0 Å². The monoisotopic (exact) mass is 347 g/mol. The lowest BCUT2D eigenvalue weighted by Crippen LogP contribution is -2.32. The van der Waals surface area contributed by atoms with Crippen molar-refractivity contribution in [2.75, 3.05) is 25.4 Å². The molecule has 0 spiro atoms. The van der Waals surface area contributed by atoms with Gasteiger partial charge in [0, 0.05) is 34.5 Å². The molecule has 122 valence electrons. The maximum Gasteiger partial charge on any atom is 0.253 e. The van der Waals surface area contributed by atoms with E-state index in [9.17, 15) is 4.79 Å². The molecule has 0 aliphatic carbocycles. The number of thiophene rings is 1.